The van der Waals surface area contributed by atoms with Crippen LogP contribution in [0.3, 0.4) is 0 Å². The van der Waals surface area contributed by atoms with Crippen molar-refractivity contribution >= 4 is 29.5 Å². The molecule has 156 valence electrons. The number of amides is 3. The van der Waals surface area contributed by atoms with Crippen LogP contribution in [0.1, 0.15) is 61.0 Å². The van der Waals surface area contributed by atoms with Crippen LogP contribution >= 0.6 is 0 Å². The highest BCUT2D eigenvalue weighted by Gasteiger charge is 2.33. The smallest absolute Gasteiger partial charge is 0.256 e. The monoisotopic (exact) mass is 404 g/mol. The molecule has 0 unspecified atom stereocenters. The van der Waals surface area contributed by atoms with Crippen LogP contribution in [-0.2, 0) is 16.0 Å². The quantitative estimate of drug-likeness (QED) is 0.389. The van der Waals surface area contributed by atoms with Crippen molar-refractivity contribution in [2.75, 3.05) is 11.9 Å². The summed E-state index contributed by atoms with van der Waals surface area (Å²) in [6, 6.07) is 14.9. The van der Waals surface area contributed by atoms with Gasteiger partial charge in [0.15, 0.2) is 0 Å². The van der Waals surface area contributed by atoms with Crippen LogP contribution in [0.25, 0.3) is 6.08 Å². The minimum atomic E-state index is -0.220. The number of hydrogen-bond donors (Lipinski definition) is 1. The number of aryl methyl sites for hydroxylation is 1. The molecule has 2 aromatic carbocycles. The Kier molecular flexibility index (Phi) is 7.17. The number of carbonyl (C=O) groups is 3. The number of rotatable bonds is 8. The molecule has 5 heteroatoms. The first-order valence-corrected chi connectivity index (χ1v) is 10.6. The molecule has 1 fully saturated rings. The second-order valence-corrected chi connectivity index (χ2v) is 7.54. The number of carbonyl (C=O) groups excluding carboxylic acids is 3. The maximum absolute atomic E-state index is 12.7. The molecule has 1 aliphatic heterocycles. The molecular weight excluding hydrogens is 376 g/mol. The molecule has 3 amide bonds. The van der Waals surface area contributed by atoms with Gasteiger partial charge in [0.2, 0.25) is 5.91 Å². The van der Waals surface area contributed by atoms with Gasteiger partial charge in [-0.1, -0.05) is 51.0 Å². The van der Waals surface area contributed by atoms with Gasteiger partial charge in [0.05, 0.1) is 6.42 Å². The number of anilines is 1. The molecule has 0 spiro atoms. The van der Waals surface area contributed by atoms with E-state index >= 15 is 0 Å². The molecule has 3 rings (SSSR count). The molecule has 0 saturated carbocycles. The van der Waals surface area contributed by atoms with Gasteiger partial charge < -0.3 is 5.32 Å². The number of benzene rings is 2. The standard InChI is InChI=1S/C25H28N2O3/c1-3-5-6-13-27-23(28)17-21(25(27)30)15-19-10-7-11-20(14-19)24(29)26-22-12-8-9-18(4-2)16-22/h7-12,14-16H,3-6,13,17H2,1-2H3,(H,26,29)/b21-15+. The average molecular weight is 405 g/mol. The summed E-state index contributed by atoms with van der Waals surface area (Å²) in [7, 11) is 0. The number of hydrogen-bond acceptors (Lipinski definition) is 3. The van der Waals surface area contributed by atoms with Crippen LogP contribution < -0.4 is 5.32 Å². The Labute approximate surface area is 177 Å². The van der Waals surface area contributed by atoms with E-state index < -0.39 is 0 Å². The van der Waals surface area contributed by atoms with Gasteiger partial charge in [-0.3, -0.25) is 19.3 Å². The normalized spacial score (nSPS) is 15.1. The molecule has 2 aromatic rings. The Hall–Kier alpha value is -3.21. The first-order valence-electron chi connectivity index (χ1n) is 10.6. The zero-order valence-electron chi connectivity index (χ0n) is 17.6. The lowest BCUT2D eigenvalue weighted by Gasteiger charge is -2.12. The summed E-state index contributed by atoms with van der Waals surface area (Å²) in [5.41, 5.74) is 3.62. The van der Waals surface area contributed by atoms with Crippen LogP contribution in [0, 0.1) is 0 Å². The Bertz CT molecular complexity index is 978. The van der Waals surface area contributed by atoms with E-state index in [0.29, 0.717) is 17.7 Å². The van der Waals surface area contributed by atoms with Crippen LogP contribution in [0.2, 0.25) is 0 Å². The van der Waals surface area contributed by atoms with Gasteiger partial charge in [-0.2, -0.15) is 0 Å². The first-order chi connectivity index (χ1) is 14.5. The van der Waals surface area contributed by atoms with Gasteiger partial charge in [0.1, 0.15) is 0 Å². The third-order valence-electron chi connectivity index (χ3n) is 5.23. The summed E-state index contributed by atoms with van der Waals surface area (Å²) in [4.78, 5) is 38.8. The van der Waals surface area contributed by atoms with Gasteiger partial charge in [-0.25, -0.2) is 0 Å². The number of nitrogens with one attached hydrogen (secondary N) is 1. The van der Waals surface area contributed by atoms with Crippen molar-refractivity contribution in [3.05, 3.63) is 70.8 Å². The highest BCUT2D eigenvalue weighted by molar-refractivity contribution is 6.15. The van der Waals surface area contributed by atoms with Gasteiger partial charge >= 0.3 is 0 Å². The predicted octanol–water partition coefficient (Wildman–Crippen LogP) is 4.83. The van der Waals surface area contributed by atoms with E-state index in [2.05, 4.69) is 19.2 Å². The fourth-order valence-electron chi connectivity index (χ4n) is 3.52. The molecule has 5 nitrogen and oxygen atoms in total. The Balaban J connectivity index is 1.72. The van der Waals surface area contributed by atoms with E-state index in [9.17, 15) is 14.4 Å². The third kappa shape index (κ3) is 5.23. The molecule has 30 heavy (non-hydrogen) atoms. The lowest BCUT2D eigenvalue weighted by molar-refractivity contribution is -0.137. The minimum absolute atomic E-state index is 0.116. The van der Waals surface area contributed by atoms with Crippen molar-refractivity contribution in [1.82, 2.24) is 4.90 Å². The predicted molar refractivity (Wildman–Crippen MR) is 119 cm³/mol. The molecule has 0 atom stereocenters. The van der Waals surface area contributed by atoms with E-state index in [1.54, 1.807) is 24.3 Å². The Morgan fingerprint density at radius 3 is 2.63 bits per heavy atom. The SMILES string of the molecule is CCCCCN1C(=O)C/C(=C\c2cccc(C(=O)Nc3cccc(CC)c3)c2)C1=O. The van der Waals surface area contributed by atoms with E-state index in [1.165, 1.54) is 4.90 Å². The molecule has 0 aromatic heterocycles. The summed E-state index contributed by atoms with van der Waals surface area (Å²) in [5.74, 6) is -0.576. The highest BCUT2D eigenvalue weighted by Crippen LogP contribution is 2.23. The Morgan fingerprint density at radius 1 is 1.07 bits per heavy atom. The first kappa shape index (κ1) is 21.5. The molecule has 0 bridgehead atoms. The van der Waals surface area contributed by atoms with E-state index in [-0.39, 0.29) is 24.1 Å². The molecule has 0 aliphatic carbocycles. The van der Waals surface area contributed by atoms with Gasteiger partial charge in [-0.05, 0) is 54.3 Å². The summed E-state index contributed by atoms with van der Waals surface area (Å²) in [6.07, 6.45) is 5.59. The maximum atomic E-state index is 12.7. The number of likely N-dealkylation sites (tertiary alicyclic amines) is 1. The molecule has 1 N–H and O–H groups in total. The van der Waals surface area contributed by atoms with Gasteiger partial charge in [0.25, 0.3) is 11.8 Å². The van der Waals surface area contributed by atoms with Crippen molar-refractivity contribution in [3.8, 4) is 0 Å². The minimum Gasteiger partial charge on any atom is -0.322 e. The van der Waals surface area contributed by atoms with Gasteiger partial charge in [-0.15, -0.1) is 0 Å². The lowest BCUT2D eigenvalue weighted by atomic mass is 10.1. The van der Waals surface area contributed by atoms with Crippen LogP contribution in [0.4, 0.5) is 5.69 Å². The highest BCUT2D eigenvalue weighted by atomic mass is 16.2. The summed E-state index contributed by atoms with van der Waals surface area (Å²) >= 11 is 0. The summed E-state index contributed by atoms with van der Waals surface area (Å²) in [5, 5.41) is 2.92. The average Bonchev–Trinajstić information content (AvgIpc) is 3.01. The largest absolute Gasteiger partial charge is 0.322 e. The van der Waals surface area contributed by atoms with E-state index in [4.69, 9.17) is 0 Å². The number of imide groups is 1. The molecular formula is C25H28N2O3. The second-order valence-electron chi connectivity index (χ2n) is 7.54. The van der Waals surface area contributed by atoms with Crippen molar-refractivity contribution in [2.24, 2.45) is 0 Å². The third-order valence-corrected chi connectivity index (χ3v) is 5.23. The van der Waals surface area contributed by atoms with Crippen LogP contribution in [0.5, 0.6) is 0 Å². The van der Waals surface area contributed by atoms with Crippen molar-refractivity contribution in [1.29, 1.82) is 0 Å². The molecule has 0 radical (unpaired) electrons. The topological polar surface area (TPSA) is 66.5 Å². The summed E-state index contributed by atoms with van der Waals surface area (Å²) in [6.45, 7) is 4.63. The maximum Gasteiger partial charge on any atom is 0.256 e. The van der Waals surface area contributed by atoms with E-state index in [0.717, 1.165) is 42.5 Å². The Morgan fingerprint density at radius 2 is 1.87 bits per heavy atom. The van der Waals surface area contributed by atoms with Crippen molar-refractivity contribution < 1.29 is 14.4 Å². The fraction of sp³-hybridized carbons (Fsp3) is 0.320. The van der Waals surface area contributed by atoms with E-state index in [1.807, 2.05) is 30.3 Å². The molecule has 1 heterocycles. The number of unbranched alkanes of at least 4 members (excludes halogenated alkanes) is 2. The molecule has 1 saturated heterocycles. The lowest BCUT2D eigenvalue weighted by Crippen LogP contribution is -2.30. The second kappa shape index (κ2) is 10.0. The van der Waals surface area contributed by atoms with Gasteiger partial charge in [0, 0.05) is 23.4 Å². The zero-order chi connectivity index (χ0) is 21.5. The van der Waals surface area contributed by atoms with Crippen molar-refractivity contribution in [3.63, 3.8) is 0 Å². The zero-order valence-corrected chi connectivity index (χ0v) is 17.6. The number of nitrogens with zero attached hydrogens (tertiary/aromatic N) is 1. The molecule has 1 aliphatic rings. The van der Waals surface area contributed by atoms with Crippen LogP contribution in [0.15, 0.2) is 54.1 Å². The van der Waals surface area contributed by atoms with Crippen LogP contribution in [-0.4, -0.2) is 29.2 Å². The van der Waals surface area contributed by atoms with Crippen molar-refractivity contribution in [2.45, 2.75) is 46.0 Å². The summed E-state index contributed by atoms with van der Waals surface area (Å²) < 4.78 is 0. The fourth-order valence-corrected chi connectivity index (χ4v) is 3.52.